The van der Waals surface area contributed by atoms with Gasteiger partial charge in [-0.1, -0.05) is 19.9 Å². The Hall–Kier alpha value is -0.930. The van der Waals surface area contributed by atoms with Crippen LogP contribution in [0.4, 0.5) is 4.39 Å². The summed E-state index contributed by atoms with van der Waals surface area (Å²) in [5, 5.41) is 4.63. The Morgan fingerprint density at radius 3 is 2.82 bits per heavy atom. The molecule has 0 amide bonds. The lowest BCUT2D eigenvalue weighted by molar-refractivity contribution is 0.630. The quantitative estimate of drug-likeness (QED) is 0.789. The molecule has 2 aromatic rings. The summed E-state index contributed by atoms with van der Waals surface area (Å²) in [6.07, 6.45) is 2.15. The van der Waals surface area contributed by atoms with Gasteiger partial charge in [0.25, 0.3) is 0 Å². The van der Waals surface area contributed by atoms with E-state index in [0.717, 1.165) is 30.6 Å². The number of fused-ring (bicyclic) bond motifs is 1. The highest BCUT2D eigenvalue weighted by Crippen LogP contribution is 2.32. The summed E-state index contributed by atoms with van der Waals surface area (Å²) in [5.74, 6) is -0.144. The first kappa shape index (κ1) is 12.5. The molecule has 0 saturated heterocycles. The van der Waals surface area contributed by atoms with Gasteiger partial charge < -0.3 is 5.32 Å². The van der Waals surface area contributed by atoms with Crippen molar-refractivity contribution in [3.63, 3.8) is 0 Å². The number of hydrogen-bond acceptors (Lipinski definition) is 2. The van der Waals surface area contributed by atoms with Gasteiger partial charge in [-0.2, -0.15) is 0 Å². The summed E-state index contributed by atoms with van der Waals surface area (Å²) >= 11 is 1.71. The molecule has 1 nitrogen and oxygen atoms in total. The van der Waals surface area contributed by atoms with Gasteiger partial charge in [0, 0.05) is 16.1 Å². The van der Waals surface area contributed by atoms with Crippen LogP contribution in [0.3, 0.4) is 0 Å². The minimum atomic E-state index is -0.144. The molecule has 92 valence electrons. The molecule has 0 fully saturated rings. The van der Waals surface area contributed by atoms with E-state index in [1.807, 2.05) is 6.07 Å². The fourth-order valence-corrected chi connectivity index (χ4v) is 3.37. The molecular weight excluding hydrogens is 233 g/mol. The highest BCUT2D eigenvalue weighted by atomic mass is 32.1. The zero-order valence-corrected chi connectivity index (χ0v) is 11.2. The molecule has 0 radical (unpaired) electrons. The zero-order valence-electron chi connectivity index (χ0n) is 10.3. The molecule has 1 aromatic heterocycles. The molecule has 0 spiro atoms. The molecule has 0 aliphatic heterocycles. The van der Waals surface area contributed by atoms with Gasteiger partial charge in [0.2, 0.25) is 0 Å². The third-order valence-corrected chi connectivity index (χ3v) is 4.10. The smallest absolute Gasteiger partial charge is 0.124 e. The largest absolute Gasteiger partial charge is 0.312 e. The number of halogens is 1. The van der Waals surface area contributed by atoms with Crippen LogP contribution in [0.1, 0.15) is 30.7 Å². The SMILES string of the molecule is CCCNCc1sc2cc(F)ccc2c1CC. The lowest BCUT2D eigenvalue weighted by Crippen LogP contribution is -2.13. The minimum Gasteiger partial charge on any atom is -0.312 e. The van der Waals surface area contributed by atoms with Crippen LogP contribution in [0.15, 0.2) is 18.2 Å². The van der Waals surface area contributed by atoms with Crippen LogP contribution in [0.5, 0.6) is 0 Å². The van der Waals surface area contributed by atoms with E-state index in [9.17, 15) is 4.39 Å². The van der Waals surface area contributed by atoms with E-state index < -0.39 is 0 Å². The highest BCUT2D eigenvalue weighted by molar-refractivity contribution is 7.19. The number of aryl methyl sites for hydroxylation is 1. The fraction of sp³-hybridized carbons (Fsp3) is 0.429. The summed E-state index contributed by atoms with van der Waals surface area (Å²) in [4.78, 5) is 1.35. The summed E-state index contributed by atoms with van der Waals surface area (Å²) < 4.78 is 14.2. The average Bonchev–Trinajstić information content (AvgIpc) is 2.66. The van der Waals surface area contributed by atoms with Crippen LogP contribution in [0, 0.1) is 5.82 Å². The van der Waals surface area contributed by atoms with Crippen molar-refractivity contribution in [3.05, 3.63) is 34.5 Å². The van der Waals surface area contributed by atoms with Crippen LogP contribution in [0.2, 0.25) is 0 Å². The predicted molar refractivity (Wildman–Crippen MR) is 73.2 cm³/mol. The van der Waals surface area contributed by atoms with E-state index >= 15 is 0 Å². The molecule has 0 bridgehead atoms. The van der Waals surface area contributed by atoms with Crippen molar-refractivity contribution in [1.29, 1.82) is 0 Å². The first-order valence-electron chi connectivity index (χ1n) is 6.16. The minimum absolute atomic E-state index is 0.144. The van der Waals surface area contributed by atoms with Crippen LogP contribution in [0.25, 0.3) is 10.1 Å². The van der Waals surface area contributed by atoms with E-state index in [1.165, 1.54) is 15.8 Å². The van der Waals surface area contributed by atoms with Gasteiger partial charge in [0.15, 0.2) is 0 Å². The van der Waals surface area contributed by atoms with Gasteiger partial charge in [-0.15, -0.1) is 11.3 Å². The maximum Gasteiger partial charge on any atom is 0.124 e. The van der Waals surface area contributed by atoms with Crippen LogP contribution < -0.4 is 5.32 Å². The van der Waals surface area contributed by atoms with Gasteiger partial charge in [0.1, 0.15) is 5.82 Å². The molecule has 0 saturated carbocycles. The zero-order chi connectivity index (χ0) is 12.3. The molecule has 17 heavy (non-hydrogen) atoms. The second-order valence-electron chi connectivity index (χ2n) is 4.17. The normalized spacial score (nSPS) is 11.2. The fourth-order valence-electron chi connectivity index (χ4n) is 2.08. The summed E-state index contributed by atoms with van der Waals surface area (Å²) in [7, 11) is 0. The van der Waals surface area contributed by atoms with E-state index in [2.05, 4.69) is 19.2 Å². The third kappa shape index (κ3) is 2.67. The van der Waals surface area contributed by atoms with Gasteiger partial charge >= 0.3 is 0 Å². The Kier molecular flexibility index (Phi) is 4.13. The van der Waals surface area contributed by atoms with Crippen LogP contribution in [-0.4, -0.2) is 6.54 Å². The monoisotopic (exact) mass is 251 g/mol. The van der Waals surface area contributed by atoms with E-state index in [4.69, 9.17) is 0 Å². The second kappa shape index (κ2) is 5.61. The van der Waals surface area contributed by atoms with Crippen LogP contribution >= 0.6 is 11.3 Å². The highest BCUT2D eigenvalue weighted by Gasteiger charge is 2.10. The first-order valence-corrected chi connectivity index (χ1v) is 6.98. The van der Waals surface area contributed by atoms with Crippen molar-refractivity contribution in [1.82, 2.24) is 5.32 Å². The maximum absolute atomic E-state index is 13.2. The van der Waals surface area contributed by atoms with Crippen molar-refractivity contribution >= 4 is 21.4 Å². The molecule has 2 rings (SSSR count). The van der Waals surface area contributed by atoms with Crippen molar-refractivity contribution in [2.75, 3.05) is 6.54 Å². The Bertz CT molecular complexity index is 504. The lowest BCUT2D eigenvalue weighted by atomic mass is 10.1. The Morgan fingerprint density at radius 1 is 1.29 bits per heavy atom. The van der Waals surface area contributed by atoms with E-state index in [-0.39, 0.29) is 5.82 Å². The Balaban J connectivity index is 2.34. The van der Waals surface area contributed by atoms with Crippen molar-refractivity contribution < 1.29 is 4.39 Å². The molecule has 0 unspecified atom stereocenters. The maximum atomic E-state index is 13.2. The summed E-state index contributed by atoms with van der Waals surface area (Å²) in [6, 6.07) is 5.10. The van der Waals surface area contributed by atoms with Crippen molar-refractivity contribution in [2.24, 2.45) is 0 Å². The molecule has 3 heteroatoms. The van der Waals surface area contributed by atoms with Gasteiger partial charge in [-0.05, 0) is 42.5 Å². The van der Waals surface area contributed by atoms with Crippen molar-refractivity contribution in [3.8, 4) is 0 Å². The van der Waals surface area contributed by atoms with Crippen molar-refractivity contribution in [2.45, 2.75) is 33.2 Å². The van der Waals surface area contributed by atoms with Gasteiger partial charge in [0.05, 0.1) is 0 Å². The Morgan fingerprint density at radius 2 is 2.12 bits per heavy atom. The van der Waals surface area contributed by atoms with Gasteiger partial charge in [-0.3, -0.25) is 0 Å². The molecule has 1 heterocycles. The molecule has 1 aromatic carbocycles. The number of nitrogens with one attached hydrogen (secondary N) is 1. The summed E-state index contributed by atoms with van der Waals surface area (Å²) in [6.45, 7) is 6.26. The number of hydrogen-bond donors (Lipinski definition) is 1. The molecule has 0 atom stereocenters. The van der Waals surface area contributed by atoms with Gasteiger partial charge in [-0.25, -0.2) is 4.39 Å². The number of thiophene rings is 1. The lowest BCUT2D eigenvalue weighted by Gasteiger charge is -2.03. The van der Waals surface area contributed by atoms with E-state index in [1.54, 1.807) is 23.5 Å². The predicted octanol–water partition coefficient (Wildman–Crippen LogP) is 4.10. The standard InChI is InChI=1S/C14H18FNS/c1-3-7-16-9-14-11(4-2)12-6-5-10(15)8-13(12)17-14/h5-6,8,16H,3-4,7,9H2,1-2H3. The molecule has 0 aliphatic rings. The van der Waals surface area contributed by atoms with Crippen LogP contribution in [-0.2, 0) is 13.0 Å². The second-order valence-corrected chi connectivity index (χ2v) is 5.31. The average molecular weight is 251 g/mol. The molecule has 1 N–H and O–H groups in total. The molecular formula is C14H18FNS. The summed E-state index contributed by atoms with van der Waals surface area (Å²) in [5.41, 5.74) is 1.37. The number of rotatable bonds is 5. The Labute approximate surface area is 106 Å². The first-order chi connectivity index (χ1) is 8.26. The number of benzene rings is 1. The topological polar surface area (TPSA) is 12.0 Å². The van der Waals surface area contributed by atoms with E-state index in [0.29, 0.717) is 0 Å². The molecule has 0 aliphatic carbocycles. The third-order valence-electron chi connectivity index (χ3n) is 2.90.